The third-order valence-corrected chi connectivity index (χ3v) is 5.55. The molecule has 170 valence electrons. The van der Waals surface area contributed by atoms with E-state index in [-0.39, 0.29) is 0 Å². The zero-order chi connectivity index (χ0) is 21.4. The number of hydrogen-bond donors (Lipinski definition) is 2. The van der Waals surface area contributed by atoms with E-state index < -0.39 is 0 Å². The van der Waals surface area contributed by atoms with Crippen LogP contribution in [0, 0.1) is 0 Å². The van der Waals surface area contributed by atoms with Crippen molar-refractivity contribution in [2.75, 3.05) is 6.61 Å². The summed E-state index contributed by atoms with van der Waals surface area (Å²) in [4.78, 5) is 0. The average molecular weight is 407 g/mol. The maximum atomic E-state index is 9.58. The molecule has 0 spiro atoms. The number of phenols is 1. The molecule has 1 aromatic carbocycles. The summed E-state index contributed by atoms with van der Waals surface area (Å²) in [5.74, 6) is 0.452. The van der Waals surface area contributed by atoms with E-state index in [1.54, 1.807) is 6.07 Å². The fraction of sp³-hybridized carbons (Fsp3) is 0.778. The topological polar surface area (TPSA) is 40.5 Å². The van der Waals surface area contributed by atoms with Crippen LogP contribution in [0.2, 0.25) is 0 Å². The third kappa shape index (κ3) is 20.0. The minimum atomic E-state index is 0.372. The molecular weight excluding hydrogens is 356 g/mol. The predicted octanol–water partition coefficient (Wildman–Crippen LogP) is 8.58. The molecule has 0 aromatic heterocycles. The highest BCUT2D eigenvalue weighted by Gasteiger charge is 1.98. The maximum Gasteiger partial charge on any atom is 0.118 e. The highest BCUT2D eigenvalue weighted by Crippen LogP contribution is 2.18. The van der Waals surface area contributed by atoms with Crippen LogP contribution in [0.1, 0.15) is 129 Å². The van der Waals surface area contributed by atoms with Gasteiger partial charge in [0, 0.05) is 6.61 Å². The highest BCUT2D eigenvalue weighted by atomic mass is 16.3. The molecule has 0 amide bonds. The normalized spacial score (nSPS) is 10.6. The van der Waals surface area contributed by atoms with Gasteiger partial charge in [-0.1, -0.05) is 128 Å². The SMILES string of the molecule is CCCCCCCCCCCCO.CCCCCCCCCc1ccccc1O. The molecule has 0 unspecified atom stereocenters. The Morgan fingerprint density at radius 1 is 0.552 bits per heavy atom. The molecule has 0 aliphatic rings. The van der Waals surface area contributed by atoms with Crippen LogP contribution in [-0.2, 0) is 6.42 Å². The van der Waals surface area contributed by atoms with Crippen molar-refractivity contribution in [1.29, 1.82) is 0 Å². The molecule has 29 heavy (non-hydrogen) atoms. The van der Waals surface area contributed by atoms with Crippen LogP contribution < -0.4 is 0 Å². The lowest BCUT2D eigenvalue weighted by molar-refractivity contribution is 0.282. The van der Waals surface area contributed by atoms with Crippen molar-refractivity contribution in [2.45, 2.75) is 129 Å². The van der Waals surface area contributed by atoms with Crippen molar-refractivity contribution in [2.24, 2.45) is 0 Å². The lowest BCUT2D eigenvalue weighted by Crippen LogP contribution is -1.87. The van der Waals surface area contributed by atoms with Gasteiger partial charge in [0.1, 0.15) is 5.75 Å². The molecule has 1 rings (SSSR count). The summed E-state index contributed by atoms with van der Waals surface area (Å²) in [5, 5.41) is 18.1. The van der Waals surface area contributed by atoms with Crippen molar-refractivity contribution >= 4 is 0 Å². The van der Waals surface area contributed by atoms with Gasteiger partial charge in [-0.3, -0.25) is 0 Å². The summed E-state index contributed by atoms with van der Waals surface area (Å²) in [7, 11) is 0. The fourth-order valence-corrected chi connectivity index (χ4v) is 3.59. The average Bonchev–Trinajstić information content (AvgIpc) is 2.74. The minimum Gasteiger partial charge on any atom is -0.508 e. The maximum absolute atomic E-state index is 9.58. The number of phenolic OH excluding ortho intramolecular Hbond substituents is 1. The van der Waals surface area contributed by atoms with Gasteiger partial charge in [0.15, 0.2) is 0 Å². The van der Waals surface area contributed by atoms with Gasteiger partial charge in [-0.2, -0.15) is 0 Å². The quantitative estimate of drug-likeness (QED) is 0.240. The van der Waals surface area contributed by atoms with E-state index in [2.05, 4.69) is 13.8 Å². The van der Waals surface area contributed by atoms with Crippen molar-refractivity contribution in [3.8, 4) is 5.75 Å². The smallest absolute Gasteiger partial charge is 0.118 e. The Hall–Kier alpha value is -1.02. The van der Waals surface area contributed by atoms with Gasteiger partial charge in [-0.25, -0.2) is 0 Å². The number of aryl methyl sites for hydroxylation is 1. The molecule has 0 radical (unpaired) electrons. The zero-order valence-corrected chi connectivity index (χ0v) is 19.6. The molecule has 0 bridgehead atoms. The third-order valence-electron chi connectivity index (χ3n) is 5.55. The number of unbranched alkanes of at least 4 members (excludes halogenated alkanes) is 15. The molecule has 0 saturated heterocycles. The molecule has 0 atom stereocenters. The summed E-state index contributed by atoms with van der Waals surface area (Å²) < 4.78 is 0. The number of aliphatic hydroxyl groups is 1. The summed E-state index contributed by atoms with van der Waals surface area (Å²) in [6, 6.07) is 7.67. The zero-order valence-electron chi connectivity index (χ0n) is 19.6. The Bertz CT molecular complexity index is 420. The number of aromatic hydroxyl groups is 1. The Balaban J connectivity index is 0.000000555. The molecular formula is C27H50O2. The van der Waals surface area contributed by atoms with E-state index in [9.17, 15) is 5.11 Å². The van der Waals surface area contributed by atoms with Gasteiger partial charge < -0.3 is 10.2 Å². The van der Waals surface area contributed by atoms with E-state index in [0.717, 1.165) is 18.4 Å². The summed E-state index contributed by atoms with van der Waals surface area (Å²) >= 11 is 0. The summed E-state index contributed by atoms with van der Waals surface area (Å²) in [6.45, 7) is 4.88. The Labute approximate surface area is 182 Å². The Morgan fingerprint density at radius 2 is 0.966 bits per heavy atom. The Morgan fingerprint density at radius 3 is 1.41 bits per heavy atom. The van der Waals surface area contributed by atoms with Crippen LogP contribution >= 0.6 is 0 Å². The van der Waals surface area contributed by atoms with Crippen LogP contribution in [0.4, 0.5) is 0 Å². The Kier molecular flexibility index (Phi) is 22.4. The summed E-state index contributed by atoms with van der Waals surface area (Å²) in [6.07, 6.45) is 23.6. The monoisotopic (exact) mass is 406 g/mol. The van der Waals surface area contributed by atoms with Gasteiger partial charge in [0.05, 0.1) is 0 Å². The first-order valence-electron chi connectivity index (χ1n) is 12.6. The first kappa shape index (κ1) is 28.0. The van der Waals surface area contributed by atoms with Crippen LogP contribution in [0.15, 0.2) is 24.3 Å². The van der Waals surface area contributed by atoms with Gasteiger partial charge in [0.25, 0.3) is 0 Å². The van der Waals surface area contributed by atoms with Crippen molar-refractivity contribution in [1.82, 2.24) is 0 Å². The second-order valence-corrected chi connectivity index (χ2v) is 8.41. The van der Waals surface area contributed by atoms with Crippen molar-refractivity contribution in [3.05, 3.63) is 29.8 Å². The van der Waals surface area contributed by atoms with E-state index in [1.807, 2.05) is 18.2 Å². The molecule has 2 heteroatoms. The fourth-order valence-electron chi connectivity index (χ4n) is 3.59. The summed E-state index contributed by atoms with van der Waals surface area (Å²) in [5.41, 5.74) is 1.09. The predicted molar refractivity (Wildman–Crippen MR) is 129 cm³/mol. The molecule has 0 fully saturated rings. The number of aliphatic hydroxyl groups excluding tert-OH is 1. The van der Waals surface area contributed by atoms with Gasteiger partial charge in [0.2, 0.25) is 0 Å². The molecule has 2 N–H and O–H groups in total. The minimum absolute atomic E-state index is 0.372. The van der Waals surface area contributed by atoms with Crippen molar-refractivity contribution < 1.29 is 10.2 Å². The molecule has 0 aliphatic heterocycles. The van der Waals surface area contributed by atoms with E-state index in [1.165, 1.54) is 103 Å². The lowest BCUT2D eigenvalue weighted by Gasteiger charge is -2.04. The molecule has 0 saturated carbocycles. The van der Waals surface area contributed by atoms with Crippen LogP contribution in [0.25, 0.3) is 0 Å². The first-order valence-corrected chi connectivity index (χ1v) is 12.6. The van der Waals surface area contributed by atoms with Crippen LogP contribution in [0.3, 0.4) is 0 Å². The molecule has 1 aromatic rings. The van der Waals surface area contributed by atoms with E-state index in [4.69, 9.17) is 5.11 Å². The van der Waals surface area contributed by atoms with Gasteiger partial charge >= 0.3 is 0 Å². The number of benzene rings is 1. The van der Waals surface area contributed by atoms with Crippen LogP contribution in [-0.4, -0.2) is 16.8 Å². The first-order chi connectivity index (χ1) is 14.3. The number of hydrogen-bond acceptors (Lipinski definition) is 2. The molecule has 0 heterocycles. The van der Waals surface area contributed by atoms with Crippen molar-refractivity contribution in [3.63, 3.8) is 0 Å². The number of rotatable bonds is 18. The molecule has 0 aliphatic carbocycles. The molecule has 2 nitrogen and oxygen atoms in total. The second kappa shape index (κ2) is 23.3. The van der Waals surface area contributed by atoms with Gasteiger partial charge in [-0.05, 0) is 30.9 Å². The van der Waals surface area contributed by atoms with E-state index in [0.29, 0.717) is 12.4 Å². The lowest BCUT2D eigenvalue weighted by atomic mass is 10.0. The standard InChI is InChI=1S/C15H24O.C12H26O/c1-2-3-4-5-6-7-8-11-14-12-9-10-13-15(14)16;1-2-3-4-5-6-7-8-9-10-11-12-13/h9-10,12-13,16H,2-8,11H2,1H3;13H,2-12H2,1H3. The number of para-hydroxylation sites is 1. The second-order valence-electron chi connectivity index (χ2n) is 8.41. The largest absolute Gasteiger partial charge is 0.508 e. The van der Waals surface area contributed by atoms with Crippen LogP contribution in [0.5, 0.6) is 5.75 Å². The van der Waals surface area contributed by atoms with Gasteiger partial charge in [-0.15, -0.1) is 0 Å². The highest BCUT2D eigenvalue weighted by molar-refractivity contribution is 5.31. The van der Waals surface area contributed by atoms with E-state index >= 15 is 0 Å².